The molecule has 0 fully saturated rings. The molecule has 4 rings (SSSR count). The van der Waals surface area contributed by atoms with E-state index in [1.54, 1.807) is 18.2 Å². The maximum atomic E-state index is 14.8. The van der Waals surface area contributed by atoms with Gasteiger partial charge in [-0.15, -0.1) is 10.2 Å². The Labute approximate surface area is 178 Å². The molecule has 0 radical (unpaired) electrons. The third-order valence-electron chi connectivity index (χ3n) is 4.82. The highest BCUT2D eigenvalue weighted by Gasteiger charge is 2.37. The van der Waals surface area contributed by atoms with Crippen LogP contribution in [0.1, 0.15) is 36.8 Å². The topological polar surface area (TPSA) is 68.2 Å². The number of ether oxygens (including phenoxy) is 1. The molecule has 0 saturated carbocycles. The van der Waals surface area contributed by atoms with Gasteiger partial charge >= 0.3 is 0 Å². The molecule has 0 saturated heterocycles. The van der Waals surface area contributed by atoms with E-state index >= 15 is 0 Å². The maximum Gasteiger partial charge on any atom is 0.247 e. The largest absolute Gasteiger partial charge is 0.447 e. The molecule has 1 aliphatic heterocycles. The van der Waals surface area contributed by atoms with Crippen LogP contribution in [-0.4, -0.2) is 26.8 Å². The highest BCUT2D eigenvalue weighted by molar-refractivity contribution is 7.99. The van der Waals surface area contributed by atoms with E-state index < -0.39 is 12.0 Å². The van der Waals surface area contributed by atoms with Crippen LogP contribution in [-0.2, 0) is 4.79 Å². The van der Waals surface area contributed by atoms with Gasteiger partial charge in [-0.05, 0) is 37.3 Å². The molecule has 6 nitrogen and oxygen atoms in total. The zero-order valence-electron chi connectivity index (χ0n) is 17.1. The summed E-state index contributed by atoms with van der Waals surface area (Å²) in [5.74, 6) is 0.254. The van der Waals surface area contributed by atoms with Crippen LogP contribution in [0.4, 0.5) is 10.1 Å². The van der Waals surface area contributed by atoms with Crippen LogP contribution in [0.25, 0.3) is 11.3 Å². The van der Waals surface area contributed by atoms with Crippen molar-refractivity contribution in [1.29, 1.82) is 0 Å². The van der Waals surface area contributed by atoms with Gasteiger partial charge in [-0.2, -0.15) is 4.98 Å². The normalized spacial score (nSPS) is 15.1. The van der Waals surface area contributed by atoms with Crippen molar-refractivity contribution in [3.8, 4) is 17.1 Å². The first-order valence-corrected chi connectivity index (χ1v) is 10.6. The van der Waals surface area contributed by atoms with Crippen LogP contribution >= 0.6 is 11.8 Å². The van der Waals surface area contributed by atoms with Gasteiger partial charge in [0.25, 0.3) is 0 Å². The van der Waals surface area contributed by atoms with Crippen LogP contribution < -0.4 is 9.64 Å². The number of aromatic nitrogens is 3. The molecule has 8 heteroatoms. The van der Waals surface area contributed by atoms with Crippen molar-refractivity contribution in [2.45, 2.75) is 39.1 Å². The number of rotatable bonds is 3. The quantitative estimate of drug-likeness (QED) is 0.560. The van der Waals surface area contributed by atoms with Crippen molar-refractivity contribution in [3.05, 3.63) is 58.9 Å². The van der Waals surface area contributed by atoms with E-state index in [9.17, 15) is 9.18 Å². The first-order chi connectivity index (χ1) is 14.4. The highest BCUT2D eigenvalue weighted by atomic mass is 32.2. The Morgan fingerprint density at radius 3 is 2.70 bits per heavy atom. The predicted octanol–water partition coefficient (Wildman–Crippen LogP) is 4.85. The number of halogens is 1. The lowest BCUT2D eigenvalue weighted by atomic mass is 10.00. The summed E-state index contributed by atoms with van der Waals surface area (Å²) in [7, 11) is 0. The number of aryl methyl sites for hydroxylation is 2. The summed E-state index contributed by atoms with van der Waals surface area (Å²) in [5.41, 5.74) is 3.83. The van der Waals surface area contributed by atoms with Gasteiger partial charge in [-0.25, -0.2) is 4.39 Å². The molecule has 0 aliphatic carbocycles. The standard InChI is InChI=1S/C22H21FN4O2S/c1-5-30-22-24-20-18(25-26-22)16-11-12(2)10-13(3)19(16)27(14(4)28)21(29-20)15-8-6-7-9-17(15)23/h6-11,21H,5H2,1-4H3/t21-/m1/s1. The molecule has 3 aromatic rings. The number of benzene rings is 2. The molecule has 2 heterocycles. The van der Waals surface area contributed by atoms with Crippen molar-refractivity contribution in [2.75, 3.05) is 10.7 Å². The molecular weight excluding hydrogens is 403 g/mol. The molecular formula is C22H21FN4O2S. The lowest BCUT2D eigenvalue weighted by molar-refractivity contribution is -0.118. The number of hydrogen-bond donors (Lipinski definition) is 0. The minimum Gasteiger partial charge on any atom is -0.447 e. The van der Waals surface area contributed by atoms with Crippen LogP contribution in [0.2, 0.25) is 0 Å². The number of thioether (sulfide) groups is 1. The molecule has 0 unspecified atom stereocenters. The minimum atomic E-state index is -1.03. The van der Waals surface area contributed by atoms with Crippen LogP contribution in [0.3, 0.4) is 0 Å². The monoisotopic (exact) mass is 424 g/mol. The lowest BCUT2D eigenvalue weighted by Crippen LogP contribution is -2.37. The molecule has 2 aromatic carbocycles. The maximum absolute atomic E-state index is 14.8. The van der Waals surface area contributed by atoms with Crippen molar-refractivity contribution < 1.29 is 13.9 Å². The van der Waals surface area contributed by atoms with Gasteiger partial charge in [0, 0.05) is 18.1 Å². The summed E-state index contributed by atoms with van der Waals surface area (Å²) in [6.07, 6.45) is -1.03. The van der Waals surface area contributed by atoms with Gasteiger partial charge in [-0.3, -0.25) is 9.69 Å². The second-order valence-corrected chi connectivity index (χ2v) is 8.27. The van der Waals surface area contributed by atoms with Crippen LogP contribution in [0.5, 0.6) is 5.88 Å². The Bertz CT molecular complexity index is 1140. The molecule has 30 heavy (non-hydrogen) atoms. The summed E-state index contributed by atoms with van der Waals surface area (Å²) in [6, 6.07) is 10.2. The van der Waals surface area contributed by atoms with E-state index in [1.165, 1.54) is 29.7 Å². The van der Waals surface area contributed by atoms with Crippen molar-refractivity contribution in [2.24, 2.45) is 0 Å². The fraction of sp³-hybridized carbons (Fsp3) is 0.273. The zero-order chi connectivity index (χ0) is 21.4. The second kappa shape index (κ2) is 8.02. The highest BCUT2D eigenvalue weighted by Crippen LogP contribution is 2.45. The average molecular weight is 425 g/mol. The molecule has 1 aromatic heterocycles. The van der Waals surface area contributed by atoms with Gasteiger partial charge in [0.15, 0.2) is 5.69 Å². The summed E-state index contributed by atoms with van der Waals surface area (Å²) >= 11 is 1.43. The van der Waals surface area contributed by atoms with E-state index in [0.717, 1.165) is 16.9 Å². The second-order valence-electron chi connectivity index (χ2n) is 7.04. The number of anilines is 1. The van der Waals surface area contributed by atoms with E-state index in [-0.39, 0.29) is 17.4 Å². The number of nitrogens with zero attached hydrogens (tertiary/aromatic N) is 4. The summed E-state index contributed by atoms with van der Waals surface area (Å²) in [6.45, 7) is 7.30. The third kappa shape index (κ3) is 3.52. The lowest BCUT2D eigenvalue weighted by Gasteiger charge is -2.31. The molecule has 154 valence electrons. The minimum absolute atomic E-state index is 0.226. The molecule has 0 N–H and O–H groups in total. The number of hydrogen-bond acceptors (Lipinski definition) is 6. The van der Waals surface area contributed by atoms with E-state index in [2.05, 4.69) is 15.2 Å². The fourth-order valence-corrected chi connectivity index (χ4v) is 4.18. The van der Waals surface area contributed by atoms with Crippen LogP contribution in [0, 0.1) is 19.7 Å². The van der Waals surface area contributed by atoms with Gasteiger partial charge in [0.1, 0.15) is 5.82 Å². The third-order valence-corrected chi connectivity index (χ3v) is 5.54. The number of carbonyl (C=O) groups excluding carboxylic acids is 1. The summed E-state index contributed by atoms with van der Waals surface area (Å²) in [5, 5.41) is 9.05. The van der Waals surface area contributed by atoms with Crippen molar-refractivity contribution in [3.63, 3.8) is 0 Å². The van der Waals surface area contributed by atoms with Crippen molar-refractivity contribution >= 4 is 23.4 Å². The number of amides is 1. The van der Waals surface area contributed by atoms with Crippen LogP contribution in [0.15, 0.2) is 41.6 Å². The Morgan fingerprint density at radius 1 is 1.23 bits per heavy atom. The Hall–Kier alpha value is -3.00. The Balaban J connectivity index is 2.04. The SMILES string of the molecule is CCSc1nnc2c(n1)O[C@H](c1ccccc1F)N(C(C)=O)c1c(C)cc(C)cc1-2. The molecule has 1 amide bonds. The van der Waals surface area contributed by atoms with Gasteiger partial charge < -0.3 is 4.74 Å². The van der Waals surface area contributed by atoms with Gasteiger partial charge in [-0.1, -0.05) is 48.5 Å². The first kappa shape index (κ1) is 20.3. The van der Waals surface area contributed by atoms with E-state index in [0.29, 0.717) is 22.1 Å². The van der Waals surface area contributed by atoms with Gasteiger partial charge in [0.2, 0.25) is 23.2 Å². The Kier molecular flexibility index (Phi) is 5.42. The number of carbonyl (C=O) groups is 1. The van der Waals surface area contributed by atoms with Gasteiger partial charge in [0.05, 0.1) is 5.69 Å². The Morgan fingerprint density at radius 2 is 2.00 bits per heavy atom. The van der Waals surface area contributed by atoms with E-state index in [1.807, 2.05) is 32.9 Å². The molecule has 0 spiro atoms. The molecule has 1 atom stereocenters. The van der Waals surface area contributed by atoms with E-state index in [4.69, 9.17) is 4.74 Å². The molecule has 1 aliphatic rings. The number of fused-ring (bicyclic) bond motifs is 3. The first-order valence-electron chi connectivity index (χ1n) is 9.60. The summed E-state index contributed by atoms with van der Waals surface area (Å²) in [4.78, 5) is 18.8. The fourth-order valence-electron chi connectivity index (χ4n) is 3.68. The van der Waals surface area contributed by atoms with Crippen molar-refractivity contribution in [1.82, 2.24) is 15.2 Å². The summed E-state index contributed by atoms with van der Waals surface area (Å²) < 4.78 is 21.0. The smallest absolute Gasteiger partial charge is 0.247 e. The predicted molar refractivity (Wildman–Crippen MR) is 114 cm³/mol. The zero-order valence-corrected chi connectivity index (χ0v) is 18.0. The molecule has 0 bridgehead atoms. The average Bonchev–Trinajstić information content (AvgIpc) is 2.83.